The van der Waals surface area contributed by atoms with E-state index in [1.54, 1.807) is 6.92 Å². The molecule has 0 aromatic carbocycles. The molecule has 0 saturated carbocycles. The molecule has 0 radical (unpaired) electrons. The molecule has 0 aliphatic heterocycles. The summed E-state index contributed by atoms with van der Waals surface area (Å²) in [5.74, 6) is -0.800. The van der Waals surface area contributed by atoms with Crippen molar-refractivity contribution in [1.29, 1.82) is 0 Å². The van der Waals surface area contributed by atoms with E-state index in [9.17, 15) is 9.59 Å². The Morgan fingerprint density at radius 2 is 1.30 bits per heavy atom. The number of Topliss-reactive ketones (excluding diaryl/α,β-unsaturated/α-hetero) is 1. The number of unbranched alkanes of at least 4 members (excludes halogenated alkanes) is 10. The number of carbonyl (C=O) groups excluding carboxylic acids is 1. The summed E-state index contributed by atoms with van der Waals surface area (Å²) in [5.41, 5.74) is 0. The fourth-order valence-electron chi connectivity index (χ4n) is 2.43. The molecule has 4 nitrogen and oxygen atoms in total. The number of carboxylic acids is 1. The van der Waals surface area contributed by atoms with Crippen molar-refractivity contribution in [2.24, 2.45) is 0 Å². The van der Waals surface area contributed by atoms with Crippen LogP contribution in [0.1, 0.15) is 90.9 Å². The number of ketones is 1. The van der Waals surface area contributed by atoms with Gasteiger partial charge in [-0.15, -0.1) is 0 Å². The van der Waals surface area contributed by atoms with Gasteiger partial charge in [-0.25, -0.2) is 0 Å². The molecule has 0 aliphatic rings. The van der Waals surface area contributed by atoms with Crippen LogP contribution in [0.4, 0.5) is 0 Å². The topological polar surface area (TPSA) is 66.4 Å². The first-order chi connectivity index (χ1) is 10.6. The minimum absolute atomic E-state index is 0. The van der Waals surface area contributed by atoms with Crippen molar-refractivity contribution in [3.8, 4) is 0 Å². The Bertz CT molecular complexity index is 298. The van der Waals surface area contributed by atoms with E-state index in [4.69, 9.17) is 5.11 Å². The second kappa shape index (κ2) is 18.4. The number of hydrogen-bond acceptors (Lipinski definition) is 3. The van der Waals surface area contributed by atoms with Crippen LogP contribution in [-0.4, -0.2) is 59.0 Å². The summed E-state index contributed by atoms with van der Waals surface area (Å²) in [6.45, 7) is 3.97. The molecule has 0 spiro atoms. The first kappa shape index (κ1) is 25.3. The van der Waals surface area contributed by atoms with E-state index in [0.29, 0.717) is 6.42 Å². The molecule has 0 aromatic rings. The van der Waals surface area contributed by atoms with Crippen LogP contribution < -0.4 is 5.32 Å². The van der Waals surface area contributed by atoms with E-state index >= 15 is 0 Å². The molecular weight excluding hydrogens is 301 g/mol. The Balaban J connectivity index is 0. The van der Waals surface area contributed by atoms with Gasteiger partial charge in [0.05, 0.1) is 6.54 Å². The molecule has 23 heavy (non-hydrogen) atoms. The van der Waals surface area contributed by atoms with Gasteiger partial charge in [-0.05, 0) is 13.3 Å². The molecule has 2 N–H and O–H groups in total. The third-order valence-electron chi connectivity index (χ3n) is 4.04. The van der Waals surface area contributed by atoms with Crippen molar-refractivity contribution < 1.29 is 14.7 Å². The van der Waals surface area contributed by atoms with Crippen molar-refractivity contribution in [3.05, 3.63) is 0 Å². The zero-order chi connectivity index (χ0) is 16.6. The summed E-state index contributed by atoms with van der Waals surface area (Å²) >= 11 is 0. The van der Waals surface area contributed by atoms with Crippen LogP contribution in [0.5, 0.6) is 0 Å². The van der Waals surface area contributed by atoms with Crippen LogP contribution >= 0.6 is 0 Å². The van der Waals surface area contributed by atoms with Crippen molar-refractivity contribution in [2.75, 3.05) is 6.54 Å². The zero-order valence-corrected chi connectivity index (χ0v) is 14.5. The number of rotatable bonds is 16. The fraction of sp³-hybridized carbons (Fsp3) is 0.889. The van der Waals surface area contributed by atoms with Gasteiger partial charge in [-0.3, -0.25) is 14.9 Å². The van der Waals surface area contributed by atoms with Gasteiger partial charge < -0.3 is 5.11 Å². The van der Waals surface area contributed by atoms with Crippen LogP contribution in [0.2, 0.25) is 0 Å². The summed E-state index contributed by atoms with van der Waals surface area (Å²) < 4.78 is 0. The molecular formula is C18H36NNaO3. The maximum absolute atomic E-state index is 11.6. The Labute approximate surface area is 164 Å². The Morgan fingerprint density at radius 3 is 1.74 bits per heavy atom. The van der Waals surface area contributed by atoms with Crippen molar-refractivity contribution >= 4 is 41.3 Å². The van der Waals surface area contributed by atoms with Crippen molar-refractivity contribution in [1.82, 2.24) is 5.32 Å². The fourth-order valence-corrected chi connectivity index (χ4v) is 2.43. The number of carboxylic acid groups (broad SMARTS) is 1. The molecule has 0 saturated heterocycles. The zero-order valence-electron chi connectivity index (χ0n) is 14.5. The SMILES string of the molecule is CCCCCCCCCCCCCC(=O)CNC(C)C(=O)O.[NaH]. The Kier molecular flexibility index (Phi) is 20.3. The number of carbonyl (C=O) groups is 2. The molecule has 1 atom stereocenters. The van der Waals surface area contributed by atoms with Crippen molar-refractivity contribution in [2.45, 2.75) is 96.9 Å². The number of aliphatic carboxylic acids is 1. The van der Waals surface area contributed by atoms with Crippen LogP contribution in [0.15, 0.2) is 0 Å². The summed E-state index contributed by atoms with van der Waals surface area (Å²) in [4.78, 5) is 22.2. The average Bonchev–Trinajstić information content (AvgIpc) is 2.50. The van der Waals surface area contributed by atoms with E-state index in [1.165, 1.54) is 57.8 Å². The Morgan fingerprint density at radius 1 is 0.870 bits per heavy atom. The third-order valence-corrected chi connectivity index (χ3v) is 4.04. The average molecular weight is 337 g/mol. The summed E-state index contributed by atoms with van der Waals surface area (Å²) in [5, 5.41) is 11.4. The summed E-state index contributed by atoms with van der Waals surface area (Å²) in [6, 6.07) is -0.652. The normalized spacial score (nSPS) is 11.7. The predicted molar refractivity (Wildman–Crippen MR) is 98.3 cm³/mol. The van der Waals surface area contributed by atoms with Crippen LogP contribution in [0, 0.1) is 0 Å². The van der Waals surface area contributed by atoms with Gasteiger partial charge in [0.15, 0.2) is 0 Å². The quantitative estimate of drug-likeness (QED) is 0.333. The van der Waals surface area contributed by atoms with Crippen LogP contribution in [0.3, 0.4) is 0 Å². The molecule has 0 amide bonds. The molecule has 0 heterocycles. The monoisotopic (exact) mass is 337 g/mol. The molecule has 0 aliphatic carbocycles. The van der Waals surface area contributed by atoms with Gasteiger partial charge in [-0.1, -0.05) is 71.1 Å². The standard InChI is InChI=1S/C18H35NO3.Na.H/c1-3-4-5-6-7-8-9-10-11-12-13-14-17(20)15-19-16(2)18(21)22;;/h16,19H,3-15H2,1-2H3,(H,21,22);;. The molecule has 132 valence electrons. The van der Waals surface area contributed by atoms with E-state index < -0.39 is 12.0 Å². The van der Waals surface area contributed by atoms with Gasteiger partial charge in [-0.2, -0.15) is 0 Å². The van der Waals surface area contributed by atoms with Gasteiger partial charge in [0.1, 0.15) is 11.8 Å². The molecule has 0 bridgehead atoms. The third kappa shape index (κ3) is 18.3. The van der Waals surface area contributed by atoms with E-state index in [-0.39, 0.29) is 41.9 Å². The second-order valence-electron chi connectivity index (χ2n) is 6.27. The van der Waals surface area contributed by atoms with Gasteiger partial charge in [0.25, 0.3) is 0 Å². The first-order valence-electron chi connectivity index (χ1n) is 9.05. The number of hydrogen-bond donors (Lipinski definition) is 2. The minimum atomic E-state index is -0.914. The van der Waals surface area contributed by atoms with Gasteiger partial charge in [0, 0.05) is 6.42 Å². The van der Waals surface area contributed by atoms with E-state index in [1.807, 2.05) is 0 Å². The summed E-state index contributed by atoms with van der Waals surface area (Å²) in [7, 11) is 0. The molecule has 1 unspecified atom stereocenters. The number of nitrogens with one attached hydrogen (secondary N) is 1. The first-order valence-corrected chi connectivity index (χ1v) is 9.05. The molecule has 0 rings (SSSR count). The predicted octanol–water partition coefficient (Wildman–Crippen LogP) is 3.67. The second-order valence-corrected chi connectivity index (χ2v) is 6.27. The molecule has 5 heteroatoms. The summed E-state index contributed by atoms with van der Waals surface area (Å²) in [6.07, 6.45) is 14.6. The van der Waals surface area contributed by atoms with Gasteiger partial charge >= 0.3 is 35.5 Å². The van der Waals surface area contributed by atoms with Crippen LogP contribution in [0.25, 0.3) is 0 Å². The van der Waals surface area contributed by atoms with E-state index in [2.05, 4.69) is 12.2 Å². The van der Waals surface area contributed by atoms with Crippen LogP contribution in [-0.2, 0) is 9.59 Å². The van der Waals surface area contributed by atoms with Gasteiger partial charge in [0.2, 0.25) is 0 Å². The Hall–Kier alpha value is 0.100. The van der Waals surface area contributed by atoms with E-state index in [0.717, 1.165) is 12.8 Å². The van der Waals surface area contributed by atoms with Crippen molar-refractivity contribution in [3.63, 3.8) is 0 Å². The maximum atomic E-state index is 11.6. The molecule has 0 fully saturated rings. The molecule has 0 aromatic heterocycles.